The van der Waals surface area contributed by atoms with Gasteiger partial charge in [-0.25, -0.2) is 13.6 Å². The highest BCUT2D eigenvalue weighted by atomic mass is 35.5. The number of ketones is 1. The molecule has 10 heteroatoms. The second-order valence-corrected chi connectivity index (χ2v) is 13.0. The molecule has 9 atom stereocenters. The Labute approximate surface area is 236 Å². The number of esters is 1. The van der Waals surface area contributed by atoms with Crippen LogP contribution >= 0.6 is 11.6 Å². The van der Waals surface area contributed by atoms with E-state index in [0.717, 1.165) is 6.08 Å². The van der Waals surface area contributed by atoms with E-state index >= 15 is 8.78 Å². The summed E-state index contributed by atoms with van der Waals surface area (Å²) in [5, 5.41) is 23.0. The van der Waals surface area contributed by atoms with Crippen molar-refractivity contribution in [1.82, 2.24) is 0 Å². The van der Waals surface area contributed by atoms with Gasteiger partial charge < -0.3 is 9.84 Å². The van der Waals surface area contributed by atoms with E-state index in [9.17, 15) is 14.7 Å². The molecular weight excluding hydrogens is 542 g/mol. The number of hydrogen-bond acceptors (Lipinski definition) is 7. The van der Waals surface area contributed by atoms with Crippen LogP contribution in [-0.2, 0) is 19.2 Å². The summed E-state index contributed by atoms with van der Waals surface area (Å²) in [6, 6.07) is 8.71. The van der Waals surface area contributed by atoms with Crippen molar-refractivity contribution in [3.8, 4) is 6.07 Å². The number of nitrogens with zero attached hydrogens (tertiary/aromatic N) is 2. The maximum Gasteiger partial charge on any atom is 0.343 e. The van der Waals surface area contributed by atoms with Gasteiger partial charge in [0, 0.05) is 27.7 Å². The van der Waals surface area contributed by atoms with Gasteiger partial charge in [-0.2, -0.15) is 5.26 Å². The van der Waals surface area contributed by atoms with Gasteiger partial charge in [-0.05, 0) is 73.6 Å². The molecule has 4 fully saturated rings. The van der Waals surface area contributed by atoms with Crippen LogP contribution in [0, 0.1) is 39.4 Å². The van der Waals surface area contributed by atoms with Crippen LogP contribution in [0.5, 0.6) is 0 Å². The molecule has 0 bridgehead atoms. The summed E-state index contributed by atoms with van der Waals surface area (Å²) >= 11 is 6.07. The third kappa shape index (κ3) is 3.10. The van der Waals surface area contributed by atoms with Crippen LogP contribution < -0.4 is 5.06 Å². The van der Waals surface area contributed by atoms with Gasteiger partial charge in [0.25, 0.3) is 0 Å². The van der Waals surface area contributed by atoms with E-state index in [-0.39, 0.29) is 25.0 Å². The zero-order chi connectivity index (χ0) is 28.9. The minimum absolute atomic E-state index is 0.0384. The van der Waals surface area contributed by atoms with Crippen LogP contribution in [0.25, 0.3) is 0 Å². The fourth-order valence-electron chi connectivity index (χ4n) is 9.01. The van der Waals surface area contributed by atoms with Crippen molar-refractivity contribution in [1.29, 1.82) is 5.26 Å². The van der Waals surface area contributed by atoms with Gasteiger partial charge in [-0.1, -0.05) is 31.5 Å². The van der Waals surface area contributed by atoms with Gasteiger partial charge in [-0.3, -0.25) is 14.7 Å². The summed E-state index contributed by atoms with van der Waals surface area (Å²) < 4.78 is 39.0. The van der Waals surface area contributed by atoms with Crippen molar-refractivity contribution < 1.29 is 33.1 Å². The number of allylic oxidation sites excluding steroid dienone is 4. The molecule has 1 heterocycles. The van der Waals surface area contributed by atoms with Crippen molar-refractivity contribution in [3.63, 3.8) is 0 Å². The normalized spacial score (nSPS) is 45.1. The number of hydroxylamine groups is 1. The molecule has 7 nitrogen and oxygen atoms in total. The van der Waals surface area contributed by atoms with E-state index in [1.54, 1.807) is 43.2 Å². The Hall–Kier alpha value is -2.80. The lowest BCUT2D eigenvalue weighted by Crippen LogP contribution is -2.73. The molecule has 1 aliphatic heterocycles. The molecule has 4 aliphatic carbocycles. The summed E-state index contributed by atoms with van der Waals surface area (Å²) in [6.07, 6.45) is 0.438. The van der Waals surface area contributed by atoms with E-state index in [1.165, 1.54) is 12.2 Å². The number of hydrogen-bond donors (Lipinski definition) is 1. The van der Waals surface area contributed by atoms with Crippen molar-refractivity contribution in [2.75, 3.05) is 18.2 Å². The second kappa shape index (κ2) is 8.60. The Kier molecular flexibility index (Phi) is 5.89. The van der Waals surface area contributed by atoms with Crippen molar-refractivity contribution in [2.24, 2.45) is 28.1 Å². The molecular formula is C30H31ClF2N2O5. The first kappa shape index (κ1) is 27.4. The number of aliphatic hydroxyl groups excluding tert-OH is 1. The molecule has 1 N–H and O–H groups in total. The Morgan fingerprint density at radius 3 is 2.65 bits per heavy atom. The molecule has 40 heavy (non-hydrogen) atoms. The highest BCUT2D eigenvalue weighted by Crippen LogP contribution is 2.77. The number of fused-ring (bicyclic) bond motifs is 7. The summed E-state index contributed by atoms with van der Waals surface area (Å²) in [6.45, 7) is 4.94. The van der Waals surface area contributed by atoms with Crippen LogP contribution in [0.4, 0.5) is 14.5 Å². The van der Waals surface area contributed by atoms with E-state index in [2.05, 4.69) is 0 Å². The second-order valence-electron chi connectivity index (χ2n) is 12.5. The molecule has 1 aromatic rings. The molecule has 5 aliphatic rings. The highest BCUT2D eigenvalue weighted by Gasteiger charge is 2.84. The molecule has 0 radical (unpaired) electrons. The smallest absolute Gasteiger partial charge is 0.343 e. The van der Waals surface area contributed by atoms with Crippen LogP contribution in [-0.4, -0.2) is 53.6 Å². The molecule has 0 aromatic heterocycles. The van der Waals surface area contributed by atoms with E-state index < -0.39 is 70.0 Å². The third-order valence-electron chi connectivity index (χ3n) is 11.1. The third-order valence-corrected chi connectivity index (χ3v) is 11.3. The number of ether oxygens (including phenoxy) is 1. The minimum atomic E-state index is -2.31. The lowest BCUT2D eigenvalue weighted by molar-refractivity contribution is -0.260. The van der Waals surface area contributed by atoms with Gasteiger partial charge in [0.05, 0.1) is 18.3 Å². The van der Waals surface area contributed by atoms with Crippen molar-refractivity contribution in [3.05, 3.63) is 53.1 Å². The molecule has 0 unspecified atom stereocenters. The Morgan fingerprint density at radius 1 is 1.27 bits per heavy atom. The first-order chi connectivity index (χ1) is 18.8. The topological polar surface area (TPSA) is 99.9 Å². The maximum atomic E-state index is 17.7. The summed E-state index contributed by atoms with van der Waals surface area (Å²) in [4.78, 5) is 32.6. The maximum absolute atomic E-state index is 17.7. The van der Waals surface area contributed by atoms with Crippen LogP contribution in [0.3, 0.4) is 0 Å². The van der Waals surface area contributed by atoms with Gasteiger partial charge in [0.1, 0.15) is 12.2 Å². The molecule has 0 spiro atoms. The number of carbonyl (C=O) groups excluding carboxylic acids is 2. The van der Waals surface area contributed by atoms with Gasteiger partial charge in [-0.15, -0.1) is 0 Å². The van der Waals surface area contributed by atoms with Crippen LogP contribution in [0.2, 0.25) is 5.02 Å². The Morgan fingerprint density at radius 2 is 1.98 bits per heavy atom. The van der Waals surface area contributed by atoms with Crippen LogP contribution in [0.15, 0.2) is 48.1 Å². The van der Waals surface area contributed by atoms with E-state index in [1.807, 2.05) is 13.0 Å². The van der Waals surface area contributed by atoms with Gasteiger partial charge in [0.15, 0.2) is 18.1 Å². The number of aliphatic hydroxyl groups is 1. The van der Waals surface area contributed by atoms with E-state index in [4.69, 9.17) is 26.4 Å². The predicted octanol–water partition coefficient (Wildman–Crippen LogP) is 4.83. The van der Waals surface area contributed by atoms with Gasteiger partial charge in [0.2, 0.25) is 5.60 Å². The predicted molar refractivity (Wildman–Crippen MR) is 141 cm³/mol. The first-order valence-corrected chi connectivity index (χ1v) is 13.9. The highest BCUT2D eigenvalue weighted by molar-refractivity contribution is 6.30. The number of nitriles is 1. The Balaban J connectivity index is 1.49. The molecule has 1 saturated heterocycles. The minimum Gasteiger partial charge on any atom is -0.448 e. The van der Waals surface area contributed by atoms with E-state index in [0.29, 0.717) is 17.1 Å². The number of alkyl halides is 2. The molecule has 0 amide bonds. The van der Waals surface area contributed by atoms with Crippen molar-refractivity contribution >= 4 is 29.0 Å². The summed E-state index contributed by atoms with van der Waals surface area (Å²) in [5.74, 6) is -2.69. The number of carbonyl (C=O) groups is 2. The fourth-order valence-corrected chi connectivity index (χ4v) is 9.14. The molecule has 1 aromatic carbocycles. The molecule has 6 rings (SSSR count). The van der Waals surface area contributed by atoms with Crippen molar-refractivity contribution in [2.45, 2.75) is 63.6 Å². The summed E-state index contributed by atoms with van der Waals surface area (Å²) in [7, 11) is 0. The van der Waals surface area contributed by atoms with Crippen LogP contribution in [0.1, 0.15) is 40.0 Å². The van der Waals surface area contributed by atoms with Gasteiger partial charge >= 0.3 is 5.97 Å². The quantitative estimate of drug-likeness (QED) is 0.518. The first-order valence-electron chi connectivity index (χ1n) is 13.5. The number of rotatable bonds is 3. The lowest BCUT2D eigenvalue weighted by atomic mass is 9.40. The molecule has 3 saturated carbocycles. The average molecular weight is 573 g/mol. The molecule has 212 valence electrons. The zero-order valence-corrected chi connectivity index (χ0v) is 23.3. The monoisotopic (exact) mass is 572 g/mol. The SMILES string of the molecule is C[C@]12C[C@H](O)[C@@]3(F)[C@@H](C[C@H](F)C4=CC(=O)C=C[C@@]43C)[C@]1(C)C[C@H]1CN(c3ccc(Cl)cc3)O[C@]12C(=O)OCC#N. The fraction of sp³-hybridized carbons (Fsp3) is 0.567. The summed E-state index contributed by atoms with van der Waals surface area (Å²) in [5.41, 5.74) is -7.05. The Bertz CT molecular complexity index is 1400. The number of benzene rings is 1. The lowest BCUT2D eigenvalue weighted by Gasteiger charge is -2.66. The standard InChI is InChI=1S/C30H31ClF2N2O5/c1-26-9-8-20(36)12-21(26)22(32)13-23-27(2)14-17-16-35(19-6-4-18(31)5-7-19)40-30(17,25(38)39-11-10-34)28(27,3)15-24(37)29(23,26)33/h4-9,12,17,22-24,37H,11,13-16H2,1-3H3/t17-,22-,23-,24-,26-,27-,28-,29-,30-/m0/s1. The number of halogens is 3. The largest absolute Gasteiger partial charge is 0.448 e. The number of anilines is 1. The zero-order valence-electron chi connectivity index (χ0n) is 22.5. The average Bonchev–Trinajstić information content (AvgIpc) is 3.37.